The molecule has 1 saturated heterocycles. The van der Waals surface area contributed by atoms with Crippen molar-refractivity contribution in [2.75, 3.05) is 39.8 Å². The molecule has 1 fully saturated rings. The molecule has 0 spiro atoms. The fourth-order valence-corrected chi connectivity index (χ4v) is 2.10. The summed E-state index contributed by atoms with van der Waals surface area (Å²) in [6.07, 6.45) is 4.68. The van der Waals surface area contributed by atoms with Crippen LogP contribution >= 0.6 is 0 Å². The fraction of sp³-hybridized carbons (Fsp3) is 0.667. The molecule has 0 unspecified atom stereocenters. The topological polar surface area (TPSA) is 64.3 Å². The Kier molecular flexibility index (Phi) is 4.72. The molecule has 1 aromatic heterocycles. The van der Waals surface area contributed by atoms with Gasteiger partial charge in [0.15, 0.2) is 0 Å². The Labute approximate surface area is 107 Å². The summed E-state index contributed by atoms with van der Waals surface area (Å²) in [7, 11) is 1.84. The maximum atomic E-state index is 12.1. The molecule has 0 bridgehead atoms. The van der Waals surface area contributed by atoms with E-state index in [1.165, 1.54) is 0 Å². The Morgan fingerprint density at radius 1 is 1.50 bits per heavy atom. The quantitative estimate of drug-likeness (QED) is 0.768. The zero-order valence-corrected chi connectivity index (χ0v) is 10.9. The second-order valence-electron chi connectivity index (χ2n) is 4.74. The molecule has 0 saturated carbocycles. The van der Waals surface area contributed by atoms with Crippen molar-refractivity contribution in [1.82, 2.24) is 25.3 Å². The smallest absolute Gasteiger partial charge is 0.236 e. The van der Waals surface area contributed by atoms with E-state index in [2.05, 4.69) is 20.4 Å². The number of amides is 1. The van der Waals surface area contributed by atoms with Gasteiger partial charge in [0.25, 0.3) is 0 Å². The lowest BCUT2D eigenvalue weighted by Gasteiger charge is -2.23. The first-order valence-corrected chi connectivity index (χ1v) is 6.40. The van der Waals surface area contributed by atoms with Crippen molar-refractivity contribution in [1.29, 1.82) is 0 Å². The molecule has 2 N–H and O–H groups in total. The summed E-state index contributed by atoms with van der Waals surface area (Å²) >= 11 is 0. The normalized spacial score (nSPS) is 17.4. The minimum absolute atomic E-state index is 0.165. The number of hydrogen-bond acceptors (Lipinski definition) is 4. The van der Waals surface area contributed by atoms with Gasteiger partial charge in [-0.2, -0.15) is 5.10 Å². The lowest BCUT2D eigenvalue weighted by atomic mass is 10.3. The van der Waals surface area contributed by atoms with Crippen LogP contribution in [0.1, 0.15) is 12.0 Å². The van der Waals surface area contributed by atoms with Gasteiger partial charge in [0.1, 0.15) is 0 Å². The average molecular weight is 251 g/mol. The molecule has 6 nitrogen and oxygen atoms in total. The Hall–Kier alpha value is -1.40. The number of carbonyl (C=O) groups is 1. The van der Waals surface area contributed by atoms with Crippen LogP contribution in [0.15, 0.2) is 12.4 Å². The van der Waals surface area contributed by atoms with Crippen molar-refractivity contribution in [3.05, 3.63) is 18.0 Å². The molecule has 2 rings (SSSR count). The van der Waals surface area contributed by atoms with Crippen molar-refractivity contribution in [3.63, 3.8) is 0 Å². The van der Waals surface area contributed by atoms with Gasteiger partial charge < -0.3 is 10.2 Å². The third-order valence-electron chi connectivity index (χ3n) is 3.19. The molecule has 0 radical (unpaired) electrons. The summed E-state index contributed by atoms with van der Waals surface area (Å²) < 4.78 is 0. The Balaban J connectivity index is 1.79. The van der Waals surface area contributed by atoms with E-state index in [1.807, 2.05) is 13.2 Å². The monoisotopic (exact) mass is 251 g/mol. The Morgan fingerprint density at radius 3 is 3.17 bits per heavy atom. The molecule has 0 aliphatic carbocycles. The summed E-state index contributed by atoms with van der Waals surface area (Å²) in [5.74, 6) is 0.165. The highest BCUT2D eigenvalue weighted by atomic mass is 16.2. The van der Waals surface area contributed by atoms with Crippen molar-refractivity contribution in [3.8, 4) is 0 Å². The predicted octanol–water partition coefficient (Wildman–Crippen LogP) is -0.337. The molecule has 1 amide bonds. The number of aromatic nitrogens is 2. The molecule has 100 valence electrons. The van der Waals surface area contributed by atoms with Crippen LogP contribution in [0.3, 0.4) is 0 Å². The molecule has 1 aliphatic heterocycles. The van der Waals surface area contributed by atoms with Gasteiger partial charge in [0.05, 0.1) is 12.7 Å². The highest BCUT2D eigenvalue weighted by molar-refractivity contribution is 5.77. The lowest BCUT2D eigenvalue weighted by Crippen LogP contribution is -2.39. The fourth-order valence-electron chi connectivity index (χ4n) is 2.10. The minimum Gasteiger partial charge on any atom is -0.340 e. The average Bonchev–Trinajstić information content (AvgIpc) is 2.72. The van der Waals surface area contributed by atoms with Crippen LogP contribution in [0, 0.1) is 0 Å². The third kappa shape index (κ3) is 3.82. The summed E-state index contributed by atoms with van der Waals surface area (Å²) in [6.45, 7) is 5.09. The van der Waals surface area contributed by atoms with E-state index >= 15 is 0 Å². The van der Waals surface area contributed by atoms with Crippen molar-refractivity contribution < 1.29 is 4.79 Å². The van der Waals surface area contributed by atoms with Crippen LogP contribution in [0.4, 0.5) is 0 Å². The standard InChI is InChI=1S/C12H21N5O/c1-16(9-11-7-14-15-8-11)12(18)10-17-5-2-3-13-4-6-17/h7-8,13H,2-6,9-10H2,1H3,(H,14,15). The zero-order valence-electron chi connectivity index (χ0n) is 10.9. The van der Waals surface area contributed by atoms with Gasteiger partial charge in [0.2, 0.25) is 5.91 Å². The number of carbonyl (C=O) groups excluding carboxylic acids is 1. The second-order valence-corrected chi connectivity index (χ2v) is 4.74. The largest absolute Gasteiger partial charge is 0.340 e. The maximum absolute atomic E-state index is 12.1. The van der Waals surface area contributed by atoms with E-state index in [0.717, 1.165) is 38.2 Å². The van der Waals surface area contributed by atoms with Crippen LogP contribution < -0.4 is 5.32 Å². The van der Waals surface area contributed by atoms with Crippen molar-refractivity contribution in [2.45, 2.75) is 13.0 Å². The van der Waals surface area contributed by atoms with Crippen LogP contribution in [-0.4, -0.2) is 65.7 Å². The van der Waals surface area contributed by atoms with E-state index in [4.69, 9.17) is 0 Å². The lowest BCUT2D eigenvalue weighted by molar-refractivity contribution is -0.131. The highest BCUT2D eigenvalue weighted by Gasteiger charge is 2.16. The van der Waals surface area contributed by atoms with Crippen LogP contribution in [0.25, 0.3) is 0 Å². The number of nitrogens with one attached hydrogen (secondary N) is 2. The molecule has 18 heavy (non-hydrogen) atoms. The number of likely N-dealkylation sites (N-methyl/N-ethyl adjacent to an activating group) is 1. The summed E-state index contributed by atoms with van der Waals surface area (Å²) in [5.41, 5.74) is 1.03. The zero-order chi connectivity index (χ0) is 12.8. The Morgan fingerprint density at radius 2 is 2.39 bits per heavy atom. The summed E-state index contributed by atoms with van der Waals surface area (Å²) in [4.78, 5) is 16.1. The van der Waals surface area contributed by atoms with Crippen LogP contribution in [-0.2, 0) is 11.3 Å². The van der Waals surface area contributed by atoms with Crippen LogP contribution in [0.2, 0.25) is 0 Å². The molecular weight excluding hydrogens is 230 g/mol. The molecule has 6 heteroatoms. The van der Waals surface area contributed by atoms with Gasteiger partial charge in [-0.05, 0) is 19.5 Å². The van der Waals surface area contributed by atoms with Crippen LogP contribution in [0.5, 0.6) is 0 Å². The third-order valence-corrected chi connectivity index (χ3v) is 3.19. The van der Waals surface area contributed by atoms with Gasteiger partial charge in [-0.15, -0.1) is 0 Å². The second kappa shape index (κ2) is 6.51. The van der Waals surface area contributed by atoms with Gasteiger partial charge >= 0.3 is 0 Å². The number of hydrogen-bond donors (Lipinski definition) is 2. The van der Waals surface area contributed by atoms with E-state index in [-0.39, 0.29) is 5.91 Å². The van der Waals surface area contributed by atoms with Gasteiger partial charge in [-0.1, -0.05) is 0 Å². The molecule has 1 aromatic rings. The molecule has 0 aromatic carbocycles. The molecule has 0 atom stereocenters. The highest BCUT2D eigenvalue weighted by Crippen LogP contribution is 2.02. The number of rotatable bonds is 4. The van der Waals surface area contributed by atoms with E-state index in [9.17, 15) is 4.79 Å². The van der Waals surface area contributed by atoms with E-state index in [1.54, 1.807) is 11.1 Å². The van der Waals surface area contributed by atoms with Gasteiger partial charge in [-0.3, -0.25) is 14.8 Å². The first-order valence-electron chi connectivity index (χ1n) is 6.40. The van der Waals surface area contributed by atoms with Gasteiger partial charge in [-0.25, -0.2) is 0 Å². The first-order chi connectivity index (χ1) is 8.75. The number of nitrogens with zero attached hydrogens (tertiary/aromatic N) is 3. The van der Waals surface area contributed by atoms with Crippen molar-refractivity contribution >= 4 is 5.91 Å². The number of aromatic amines is 1. The molecule has 1 aliphatic rings. The first kappa shape index (κ1) is 13.0. The van der Waals surface area contributed by atoms with Gasteiger partial charge in [0, 0.05) is 38.4 Å². The summed E-state index contributed by atoms with van der Waals surface area (Å²) in [5, 5.41) is 9.98. The van der Waals surface area contributed by atoms with Crippen molar-refractivity contribution in [2.24, 2.45) is 0 Å². The SMILES string of the molecule is CN(Cc1cn[nH]c1)C(=O)CN1CCCNCC1. The predicted molar refractivity (Wildman–Crippen MR) is 69.0 cm³/mol. The molecule has 2 heterocycles. The molecular formula is C12H21N5O. The maximum Gasteiger partial charge on any atom is 0.236 e. The van der Waals surface area contributed by atoms with E-state index in [0.29, 0.717) is 13.1 Å². The minimum atomic E-state index is 0.165. The van der Waals surface area contributed by atoms with E-state index < -0.39 is 0 Å². The number of H-pyrrole nitrogens is 1. The summed E-state index contributed by atoms with van der Waals surface area (Å²) in [6, 6.07) is 0. The Bertz CT molecular complexity index is 357.